The Balaban J connectivity index is 2.04. The van der Waals surface area contributed by atoms with Crippen molar-refractivity contribution in [2.45, 2.75) is 25.5 Å². The predicted molar refractivity (Wildman–Crippen MR) is 112 cm³/mol. The Morgan fingerprint density at radius 2 is 1.21 bits per heavy atom. The molecule has 0 fully saturated rings. The minimum atomic E-state index is -1.28. The maximum absolute atomic E-state index is 12.4. The summed E-state index contributed by atoms with van der Waals surface area (Å²) in [5.41, 5.74) is 3.33. The van der Waals surface area contributed by atoms with Crippen molar-refractivity contribution in [1.29, 1.82) is 0 Å². The lowest BCUT2D eigenvalue weighted by atomic mass is 9.77. The first-order valence-electron chi connectivity index (χ1n) is 9.52. The maximum Gasteiger partial charge on any atom is 0.141 e. The van der Waals surface area contributed by atoms with Gasteiger partial charge in [-0.3, -0.25) is 4.68 Å². The third kappa shape index (κ3) is 3.14. The minimum Gasteiger partial charge on any atom is -0.378 e. The van der Waals surface area contributed by atoms with Gasteiger partial charge in [0, 0.05) is 5.69 Å². The van der Waals surface area contributed by atoms with Gasteiger partial charge in [-0.2, -0.15) is 5.10 Å². The maximum atomic E-state index is 12.4. The van der Waals surface area contributed by atoms with E-state index in [-0.39, 0.29) is 0 Å². The van der Waals surface area contributed by atoms with Crippen LogP contribution < -0.4 is 0 Å². The zero-order valence-corrected chi connectivity index (χ0v) is 16.2. The Kier molecular flexibility index (Phi) is 4.84. The largest absolute Gasteiger partial charge is 0.378 e. The third-order valence-electron chi connectivity index (χ3n) is 5.23. The topological polar surface area (TPSA) is 38.0 Å². The van der Waals surface area contributed by atoms with Gasteiger partial charge >= 0.3 is 0 Å². The van der Waals surface area contributed by atoms with Gasteiger partial charge < -0.3 is 5.11 Å². The Labute approximate surface area is 165 Å². The number of aromatic nitrogens is 2. The fraction of sp³-hybridized carbons (Fsp3) is 0.160. The Morgan fingerprint density at radius 1 is 0.750 bits per heavy atom. The van der Waals surface area contributed by atoms with E-state index in [1.807, 2.05) is 103 Å². The van der Waals surface area contributed by atoms with Crippen molar-refractivity contribution in [1.82, 2.24) is 9.78 Å². The van der Waals surface area contributed by atoms with Crippen molar-refractivity contribution in [2.75, 3.05) is 0 Å². The SMILES string of the molecule is Cc1cc(C)n(C(c2ccccc2)C(O)(c2ccccc2)c2ccccc2)n1. The van der Waals surface area contributed by atoms with E-state index in [1.165, 1.54) is 0 Å². The molecule has 0 bridgehead atoms. The van der Waals surface area contributed by atoms with Crippen molar-refractivity contribution >= 4 is 0 Å². The quantitative estimate of drug-likeness (QED) is 0.537. The number of aryl methyl sites for hydroxylation is 2. The molecule has 1 heterocycles. The van der Waals surface area contributed by atoms with Crippen LogP contribution in [0.2, 0.25) is 0 Å². The highest BCUT2D eigenvalue weighted by Crippen LogP contribution is 2.43. The zero-order valence-electron chi connectivity index (χ0n) is 16.2. The third-order valence-corrected chi connectivity index (χ3v) is 5.23. The van der Waals surface area contributed by atoms with Crippen LogP contribution in [0.4, 0.5) is 0 Å². The molecule has 140 valence electrons. The molecule has 0 aliphatic heterocycles. The van der Waals surface area contributed by atoms with Gasteiger partial charge in [-0.25, -0.2) is 0 Å². The van der Waals surface area contributed by atoms with Gasteiger partial charge in [0.05, 0.1) is 5.69 Å². The van der Waals surface area contributed by atoms with Crippen LogP contribution in [0.25, 0.3) is 0 Å². The molecule has 28 heavy (non-hydrogen) atoms. The Hall–Kier alpha value is -3.17. The number of hydrogen-bond acceptors (Lipinski definition) is 2. The number of rotatable bonds is 5. The number of hydrogen-bond donors (Lipinski definition) is 1. The zero-order chi connectivity index (χ0) is 19.6. The lowest BCUT2D eigenvalue weighted by Crippen LogP contribution is -2.39. The lowest BCUT2D eigenvalue weighted by molar-refractivity contribution is 0.0328. The monoisotopic (exact) mass is 368 g/mol. The summed E-state index contributed by atoms with van der Waals surface area (Å²) in [6, 6.07) is 31.5. The normalized spacial score (nSPS) is 12.7. The van der Waals surface area contributed by atoms with Gasteiger partial charge in [0.2, 0.25) is 0 Å². The molecule has 3 heteroatoms. The first-order valence-corrected chi connectivity index (χ1v) is 9.52. The average Bonchev–Trinajstić information content (AvgIpc) is 3.07. The molecule has 1 atom stereocenters. The molecule has 0 amide bonds. The molecule has 1 aromatic heterocycles. The summed E-state index contributed by atoms with van der Waals surface area (Å²) >= 11 is 0. The smallest absolute Gasteiger partial charge is 0.141 e. The van der Waals surface area contributed by atoms with Gasteiger partial charge in [0.15, 0.2) is 0 Å². The van der Waals surface area contributed by atoms with Crippen molar-refractivity contribution in [3.05, 3.63) is 125 Å². The molecule has 1 N–H and O–H groups in total. The highest BCUT2D eigenvalue weighted by molar-refractivity contribution is 5.42. The molecule has 4 aromatic rings. The van der Waals surface area contributed by atoms with Gasteiger partial charge in [-0.15, -0.1) is 0 Å². The second-order valence-corrected chi connectivity index (χ2v) is 7.18. The van der Waals surface area contributed by atoms with E-state index >= 15 is 0 Å². The van der Waals surface area contributed by atoms with E-state index in [4.69, 9.17) is 5.10 Å². The van der Waals surface area contributed by atoms with Gasteiger partial charge in [0.25, 0.3) is 0 Å². The first-order chi connectivity index (χ1) is 13.6. The lowest BCUT2D eigenvalue weighted by Gasteiger charge is -2.38. The fourth-order valence-electron chi connectivity index (χ4n) is 3.97. The van der Waals surface area contributed by atoms with Crippen LogP contribution in [0, 0.1) is 13.8 Å². The van der Waals surface area contributed by atoms with Gasteiger partial charge in [-0.05, 0) is 36.6 Å². The molecule has 0 aliphatic carbocycles. The van der Waals surface area contributed by atoms with E-state index in [2.05, 4.69) is 12.1 Å². The van der Waals surface area contributed by atoms with E-state index in [1.54, 1.807) is 0 Å². The molecule has 0 spiro atoms. The highest BCUT2D eigenvalue weighted by atomic mass is 16.3. The predicted octanol–water partition coefficient (Wildman–Crippen LogP) is 5.03. The molecule has 0 aliphatic rings. The van der Waals surface area contributed by atoms with Crippen molar-refractivity contribution < 1.29 is 5.11 Å². The van der Waals surface area contributed by atoms with Crippen LogP contribution in [0.5, 0.6) is 0 Å². The summed E-state index contributed by atoms with van der Waals surface area (Å²) in [6.45, 7) is 4.02. The van der Waals surface area contributed by atoms with Crippen LogP contribution in [0.1, 0.15) is 34.1 Å². The standard InChI is InChI=1S/C25H24N2O/c1-19-18-20(2)27(26-19)24(21-12-6-3-7-13-21)25(28,22-14-8-4-9-15-22)23-16-10-5-11-17-23/h3-18,24,28H,1-2H3. The fourth-order valence-corrected chi connectivity index (χ4v) is 3.97. The van der Waals surface area contributed by atoms with Crippen LogP contribution in [-0.4, -0.2) is 14.9 Å². The summed E-state index contributed by atoms with van der Waals surface area (Å²) in [4.78, 5) is 0. The average molecular weight is 368 g/mol. The van der Waals surface area contributed by atoms with E-state index in [0.29, 0.717) is 0 Å². The Bertz CT molecular complexity index is 1000. The number of benzene rings is 3. The summed E-state index contributed by atoms with van der Waals surface area (Å²) in [7, 11) is 0. The van der Waals surface area contributed by atoms with Crippen molar-refractivity contribution in [3.8, 4) is 0 Å². The summed E-state index contributed by atoms with van der Waals surface area (Å²) in [5, 5.41) is 17.2. The summed E-state index contributed by atoms with van der Waals surface area (Å²) in [5.74, 6) is 0. The van der Waals surface area contributed by atoms with Crippen LogP contribution in [-0.2, 0) is 5.60 Å². The van der Waals surface area contributed by atoms with E-state index < -0.39 is 11.6 Å². The van der Waals surface area contributed by atoms with Crippen LogP contribution in [0.15, 0.2) is 97.1 Å². The van der Waals surface area contributed by atoms with Crippen LogP contribution in [0.3, 0.4) is 0 Å². The molecular weight excluding hydrogens is 344 g/mol. The second kappa shape index (κ2) is 7.45. The number of nitrogens with zero attached hydrogens (tertiary/aromatic N) is 2. The molecule has 4 rings (SSSR count). The molecular formula is C25H24N2O. The minimum absolute atomic E-state index is 0.410. The Morgan fingerprint density at radius 3 is 1.64 bits per heavy atom. The van der Waals surface area contributed by atoms with E-state index in [0.717, 1.165) is 28.1 Å². The van der Waals surface area contributed by atoms with Crippen molar-refractivity contribution in [2.24, 2.45) is 0 Å². The van der Waals surface area contributed by atoms with Gasteiger partial charge in [-0.1, -0.05) is 91.0 Å². The summed E-state index contributed by atoms with van der Waals surface area (Å²) < 4.78 is 1.95. The van der Waals surface area contributed by atoms with Crippen molar-refractivity contribution in [3.63, 3.8) is 0 Å². The first kappa shape index (κ1) is 18.2. The molecule has 1 unspecified atom stereocenters. The highest BCUT2D eigenvalue weighted by Gasteiger charge is 2.43. The van der Waals surface area contributed by atoms with E-state index in [9.17, 15) is 5.11 Å². The summed E-state index contributed by atoms with van der Waals surface area (Å²) in [6.07, 6.45) is 0. The second-order valence-electron chi connectivity index (χ2n) is 7.18. The van der Waals surface area contributed by atoms with Gasteiger partial charge in [0.1, 0.15) is 11.6 Å². The molecule has 3 nitrogen and oxygen atoms in total. The number of aliphatic hydroxyl groups is 1. The molecule has 0 saturated carbocycles. The molecule has 3 aromatic carbocycles. The molecule has 0 saturated heterocycles. The molecule has 0 radical (unpaired) electrons. The van der Waals surface area contributed by atoms with Crippen LogP contribution >= 0.6 is 0 Å².